The highest BCUT2D eigenvalue weighted by molar-refractivity contribution is 9.10. The lowest BCUT2D eigenvalue weighted by Crippen LogP contribution is -2.16. The predicted octanol–water partition coefficient (Wildman–Crippen LogP) is 3.96. The number of carbonyl (C=O) groups is 2. The second-order valence-corrected chi connectivity index (χ2v) is 7.50. The topological polar surface area (TPSA) is 101 Å². The molecule has 0 radical (unpaired) electrons. The number of aromatic amines is 1. The van der Waals surface area contributed by atoms with Crippen LogP contribution in [0, 0.1) is 6.92 Å². The van der Waals surface area contributed by atoms with Crippen molar-refractivity contribution in [3.05, 3.63) is 63.2 Å². The smallest absolute Gasteiger partial charge is 0.271 e. The fourth-order valence-corrected chi connectivity index (χ4v) is 3.48. The number of carbonyl (C=O) groups excluding carboxylic acids is 2. The van der Waals surface area contributed by atoms with Crippen molar-refractivity contribution in [3.8, 4) is 10.4 Å². The normalized spacial score (nSPS) is 11.0. The van der Waals surface area contributed by atoms with Crippen molar-refractivity contribution < 1.29 is 9.59 Å². The number of nitrogens with zero attached hydrogens (tertiary/aromatic N) is 1. The summed E-state index contributed by atoms with van der Waals surface area (Å²) in [6.45, 7) is 1.70. The van der Waals surface area contributed by atoms with E-state index in [1.54, 1.807) is 24.3 Å². The van der Waals surface area contributed by atoms with Gasteiger partial charge < -0.3 is 11.1 Å². The summed E-state index contributed by atoms with van der Waals surface area (Å²) in [5.74, 6) is -1.07. The zero-order valence-electron chi connectivity index (χ0n) is 13.7. The van der Waals surface area contributed by atoms with Crippen LogP contribution in [0.25, 0.3) is 16.5 Å². The number of aryl methyl sites for hydroxylation is 1. The minimum atomic E-state index is -0.703. The van der Waals surface area contributed by atoms with Crippen LogP contribution in [0.4, 0.5) is 5.69 Å². The summed E-state index contributed by atoms with van der Waals surface area (Å²) in [6, 6.07) is 12.0. The van der Waals surface area contributed by atoms with Gasteiger partial charge in [-0.25, -0.2) is 0 Å². The maximum Gasteiger partial charge on any atom is 0.271 e. The molecular formula is C18H15BrN4O2S. The first-order chi connectivity index (χ1) is 12.4. The molecule has 0 saturated carbocycles. The van der Waals surface area contributed by atoms with E-state index >= 15 is 0 Å². The molecule has 0 atom stereocenters. The molecule has 4 N–H and O–H groups in total. The number of thiophene rings is 1. The molecule has 26 heavy (non-hydrogen) atoms. The fourth-order valence-electron chi connectivity index (χ4n) is 2.29. The minimum absolute atomic E-state index is 0.0119. The third-order valence-corrected chi connectivity index (χ3v) is 5.21. The third-order valence-electron chi connectivity index (χ3n) is 3.58. The van der Waals surface area contributed by atoms with Crippen molar-refractivity contribution in [1.82, 2.24) is 10.2 Å². The van der Waals surface area contributed by atoms with E-state index in [0.29, 0.717) is 11.4 Å². The summed E-state index contributed by atoms with van der Waals surface area (Å²) >= 11 is 5.00. The maximum atomic E-state index is 12.1. The van der Waals surface area contributed by atoms with E-state index in [0.717, 1.165) is 19.8 Å². The van der Waals surface area contributed by atoms with Gasteiger partial charge in [-0.3, -0.25) is 14.7 Å². The van der Waals surface area contributed by atoms with Crippen LogP contribution in [-0.4, -0.2) is 22.0 Å². The second-order valence-electron chi connectivity index (χ2n) is 5.47. The van der Waals surface area contributed by atoms with Gasteiger partial charge >= 0.3 is 0 Å². The zero-order valence-corrected chi connectivity index (χ0v) is 16.1. The van der Waals surface area contributed by atoms with Gasteiger partial charge in [0, 0.05) is 20.3 Å². The molecule has 132 valence electrons. The monoisotopic (exact) mass is 430 g/mol. The molecule has 0 aliphatic heterocycles. The number of primary amides is 1. The number of hydrogen-bond acceptors (Lipinski definition) is 4. The standard InChI is InChI=1S/C18H15BrN4O2S/c1-10-16(17(18(20)25)23-22-10)21-15(24)9-7-13-6-8-14(26-13)11-2-4-12(19)5-3-11/h2-9H,1H3,(H2,20,25)(H,21,24)(H,22,23)/b9-7+. The summed E-state index contributed by atoms with van der Waals surface area (Å²) < 4.78 is 1.03. The van der Waals surface area contributed by atoms with Crippen LogP contribution in [0.3, 0.4) is 0 Å². The van der Waals surface area contributed by atoms with Gasteiger partial charge in [0.15, 0.2) is 5.69 Å². The van der Waals surface area contributed by atoms with Gasteiger partial charge in [-0.2, -0.15) is 5.10 Å². The molecule has 3 rings (SSSR count). The van der Waals surface area contributed by atoms with Gasteiger partial charge in [0.1, 0.15) is 0 Å². The first kappa shape index (κ1) is 18.1. The van der Waals surface area contributed by atoms with Gasteiger partial charge in [0.05, 0.1) is 11.4 Å². The van der Waals surface area contributed by atoms with Crippen molar-refractivity contribution in [1.29, 1.82) is 0 Å². The summed E-state index contributed by atoms with van der Waals surface area (Å²) in [6.07, 6.45) is 3.14. The molecule has 0 aliphatic rings. The molecule has 2 heterocycles. The third kappa shape index (κ3) is 4.09. The SMILES string of the molecule is Cc1[nH]nc(C(N)=O)c1NC(=O)/C=C/c1ccc(-c2ccc(Br)cc2)s1. The summed E-state index contributed by atoms with van der Waals surface area (Å²) in [5.41, 5.74) is 7.23. The Hall–Kier alpha value is -2.71. The van der Waals surface area contributed by atoms with Gasteiger partial charge in [-0.1, -0.05) is 28.1 Å². The Morgan fingerprint density at radius 3 is 2.65 bits per heavy atom. The quantitative estimate of drug-likeness (QED) is 0.533. The van der Waals surface area contributed by atoms with Crippen molar-refractivity contribution in [2.24, 2.45) is 5.73 Å². The molecule has 0 aliphatic carbocycles. The van der Waals surface area contributed by atoms with E-state index in [4.69, 9.17) is 5.73 Å². The van der Waals surface area contributed by atoms with Gasteiger partial charge in [-0.05, 0) is 42.8 Å². The van der Waals surface area contributed by atoms with E-state index < -0.39 is 5.91 Å². The molecule has 2 aromatic heterocycles. The van der Waals surface area contributed by atoms with Crippen LogP contribution in [0.15, 0.2) is 46.9 Å². The number of rotatable bonds is 5. The van der Waals surface area contributed by atoms with Gasteiger partial charge in [0.25, 0.3) is 5.91 Å². The lowest BCUT2D eigenvalue weighted by Gasteiger charge is -2.01. The molecule has 0 spiro atoms. The number of H-pyrrole nitrogens is 1. The molecule has 3 aromatic rings. The van der Waals surface area contributed by atoms with Crippen LogP contribution in [0.2, 0.25) is 0 Å². The first-order valence-electron chi connectivity index (χ1n) is 7.63. The molecule has 8 heteroatoms. The molecule has 0 bridgehead atoms. The molecule has 6 nitrogen and oxygen atoms in total. The number of nitrogens with one attached hydrogen (secondary N) is 2. The Bertz CT molecular complexity index is 989. The number of benzene rings is 1. The van der Waals surface area contributed by atoms with Crippen molar-refractivity contribution in [3.63, 3.8) is 0 Å². The minimum Gasteiger partial charge on any atom is -0.364 e. The lowest BCUT2D eigenvalue weighted by molar-refractivity contribution is -0.111. The van der Waals surface area contributed by atoms with E-state index in [-0.39, 0.29) is 11.6 Å². The van der Waals surface area contributed by atoms with Crippen LogP contribution in [0.1, 0.15) is 21.1 Å². The number of amides is 2. The van der Waals surface area contributed by atoms with E-state index in [9.17, 15) is 9.59 Å². The Morgan fingerprint density at radius 1 is 1.23 bits per heavy atom. The summed E-state index contributed by atoms with van der Waals surface area (Å²) in [4.78, 5) is 25.5. The maximum absolute atomic E-state index is 12.1. The Morgan fingerprint density at radius 2 is 1.96 bits per heavy atom. The predicted molar refractivity (Wildman–Crippen MR) is 107 cm³/mol. The lowest BCUT2D eigenvalue weighted by atomic mass is 10.2. The number of halogens is 1. The molecular weight excluding hydrogens is 416 g/mol. The van der Waals surface area contributed by atoms with Gasteiger partial charge in [-0.15, -0.1) is 11.3 Å². The first-order valence-corrected chi connectivity index (χ1v) is 9.24. The van der Waals surface area contributed by atoms with Crippen molar-refractivity contribution >= 4 is 50.8 Å². The highest BCUT2D eigenvalue weighted by Gasteiger charge is 2.16. The number of anilines is 1. The molecule has 1 aromatic carbocycles. The average molecular weight is 431 g/mol. The summed E-state index contributed by atoms with van der Waals surface area (Å²) in [7, 11) is 0. The van der Waals surface area contributed by atoms with Gasteiger partial charge in [0.2, 0.25) is 5.91 Å². The molecule has 0 fully saturated rings. The van der Waals surface area contributed by atoms with E-state index in [1.165, 1.54) is 6.08 Å². The van der Waals surface area contributed by atoms with E-state index in [2.05, 4.69) is 31.4 Å². The van der Waals surface area contributed by atoms with Crippen LogP contribution >= 0.6 is 27.3 Å². The number of nitrogens with two attached hydrogens (primary N) is 1. The second kappa shape index (κ2) is 7.67. The number of aromatic nitrogens is 2. The van der Waals surface area contributed by atoms with Crippen molar-refractivity contribution in [2.75, 3.05) is 5.32 Å². The van der Waals surface area contributed by atoms with Crippen LogP contribution < -0.4 is 11.1 Å². The fraction of sp³-hybridized carbons (Fsp3) is 0.0556. The average Bonchev–Trinajstić information content (AvgIpc) is 3.21. The molecule has 0 saturated heterocycles. The van der Waals surface area contributed by atoms with E-state index in [1.807, 2.05) is 36.4 Å². The molecule has 0 unspecified atom stereocenters. The molecule has 2 amide bonds. The Balaban J connectivity index is 1.70. The largest absolute Gasteiger partial charge is 0.364 e. The highest BCUT2D eigenvalue weighted by atomic mass is 79.9. The zero-order chi connectivity index (χ0) is 18.7. The summed E-state index contributed by atoms with van der Waals surface area (Å²) in [5, 5.41) is 9.06. The Labute approximate surface area is 162 Å². The van der Waals surface area contributed by atoms with Crippen LogP contribution in [0.5, 0.6) is 0 Å². The van der Waals surface area contributed by atoms with Crippen molar-refractivity contribution in [2.45, 2.75) is 6.92 Å². The highest BCUT2D eigenvalue weighted by Crippen LogP contribution is 2.29. The van der Waals surface area contributed by atoms with Crippen LogP contribution in [-0.2, 0) is 4.79 Å². The number of hydrogen-bond donors (Lipinski definition) is 3. The Kier molecular flexibility index (Phi) is 5.34.